The average molecular weight is 294 g/mol. The van der Waals surface area contributed by atoms with Gasteiger partial charge in [0.25, 0.3) is 0 Å². The van der Waals surface area contributed by atoms with Crippen molar-refractivity contribution in [3.05, 3.63) is 0 Å². The third-order valence-corrected chi connectivity index (χ3v) is 5.58. The molecule has 2 amide bonds. The highest BCUT2D eigenvalue weighted by molar-refractivity contribution is 5.74. The fourth-order valence-electron chi connectivity index (χ4n) is 4.38. The lowest BCUT2D eigenvalue weighted by molar-refractivity contribution is -0.120. The lowest BCUT2D eigenvalue weighted by Gasteiger charge is -2.33. The normalized spacial score (nSPS) is 33.5. The predicted octanol–water partition coefficient (Wildman–Crippen LogP) is 2.74. The predicted molar refractivity (Wildman–Crippen MR) is 83.1 cm³/mol. The van der Waals surface area contributed by atoms with Crippen LogP contribution in [0.15, 0.2) is 0 Å². The zero-order chi connectivity index (χ0) is 15.2. The van der Waals surface area contributed by atoms with Crippen molar-refractivity contribution in [1.29, 1.82) is 0 Å². The minimum Gasteiger partial charge on any atom is -0.370 e. The summed E-state index contributed by atoms with van der Waals surface area (Å²) in [5, 5.41) is 0. The second-order valence-corrected chi connectivity index (χ2v) is 7.35. The van der Waals surface area contributed by atoms with Crippen LogP contribution in [0.1, 0.15) is 70.6 Å². The molecule has 120 valence electrons. The Bertz CT molecular complexity index is 320. The van der Waals surface area contributed by atoms with Crippen LogP contribution < -0.4 is 11.5 Å². The molecule has 0 bridgehead atoms. The molecular formula is C17H30N2O2. The first-order valence-electron chi connectivity index (χ1n) is 8.59. The van der Waals surface area contributed by atoms with Gasteiger partial charge in [0.1, 0.15) is 0 Å². The fraction of sp³-hybridized carbons (Fsp3) is 0.882. The zero-order valence-corrected chi connectivity index (χ0v) is 13.1. The summed E-state index contributed by atoms with van der Waals surface area (Å²) < 4.78 is 0. The summed E-state index contributed by atoms with van der Waals surface area (Å²) in [6.07, 6.45) is 12.2. The van der Waals surface area contributed by atoms with Gasteiger partial charge in [-0.2, -0.15) is 0 Å². The molecule has 2 saturated carbocycles. The van der Waals surface area contributed by atoms with Gasteiger partial charge in [0, 0.05) is 12.8 Å². The van der Waals surface area contributed by atoms with Crippen molar-refractivity contribution in [1.82, 2.24) is 0 Å². The number of nitrogens with two attached hydrogens (primary N) is 2. The van der Waals surface area contributed by atoms with Crippen LogP contribution in [0.5, 0.6) is 0 Å². The molecule has 0 heterocycles. The van der Waals surface area contributed by atoms with E-state index in [9.17, 15) is 9.59 Å². The Balaban J connectivity index is 1.64. The van der Waals surface area contributed by atoms with Crippen LogP contribution in [0.2, 0.25) is 0 Å². The molecule has 0 atom stereocenters. The van der Waals surface area contributed by atoms with E-state index in [0.29, 0.717) is 24.7 Å². The highest BCUT2D eigenvalue weighted by Gasteiger charge is 2.27. The number of primary amides is 2. The van der Waals surface area contributed by atoms with Gasteiger partial charge in [0.05, 0.1) is 0 Å². The summed E-state index contributed by atoms with van der Waals surface area (Å²) >= 11 is 0. The van der Waals surface area contributed by atoms with Crippen molar-refractivity contribution in [3.8, 4) is 0 Å². The summed E-state index contributed by atoms with van der Waals surface area (Å²) in [7, 11) is 0. The van der Waals surface area contributed by atoms with Gasteiger partial charge in [-0.3, -0.25) is 9.59 Å². The molecular weight excluding hydrogens is 264 g/mol. The van der Waals surface area contributed by atoms with Crippen LogP contribution in [0.25, 0.3) is 0 Å². The molecule has 0 saturated heterocycles. The molecule has 4 nitrogen and oxygen atoms in total. The number of amides is 2. The Labute approximate surface area is 128 Å². The molecule has 0 unspecified atom stereocenters. The Hall–Kier alpha value is -1.06. The minimum absolute atomic E-state index is 0.147. The molecule has 0 aromatic heterocycles. The SMILES string of the molecule is NC(=O)CC1CCC(CC2CCC(CC(N)=O)CC2)CC1. The topological polar surface area (TPSA) is 86.2 Å². The van der Waals surface area contributed by atoms with Gasteiger partial charge >= 0.3 is 0 Å². The third-order valence-electron chi connectivity index (χ3n) is 5.58. The lowest BCUT2D eigenvalue weighted by Crippen LogP contribution is -2.24. The van der Waals surface area contributed by atoms with E-state index in [0.717, 1.165) is 11.8 Å². The maximum atomic E-state index is 11.0. The smallest absolute Gasteiger partial charge is 0.217 e. The molecule has 21 heavy (non-hydrogen) atoms. The molecule has 0 aromatic rings. The van der Waals surface area contributed by atoms with Crippen molar-refractivity contribution in [2.24, 2.45) is 35.1 Å². The van der Waals surface area contributed by atoms with E-state index >= 15 is 0 Å². The van der Waals surface area contributed by atoms with Gasteiger partial charge in [0.15, 0.2) is 0 Å². The fourth-order valence-corrected chi connectivity index (χ4v) is 4.38. The maximum Gasteiger partial charge on any atom is 0.217 e. The van der Waals surface area contributed by atoms with E-state index in [2.05, 4.69) is 0 Å². The Kier molecular flexibility index (Phi) is 6.07. The first-order valence-corrected chi connectivity index (χ1v) is 8.59. The molecule has 0 spiro atoms. The van der Waals surface area contributed by atoms with Gasteiger partial charge in [-0.05, 0) is 55.8 Å². The average Bonchev–Trinajstić information content (AvgIpc) is 2.42. The molecule has 2 aliphatic rings. The van der Waals surface area contributed by atoms with Crippen LogP contribution in [0, 0.1) is 23.7 Å². The number of rotatable bonds is 6. The van der Waals surface area contributed by atoms with Crippen LogP contribution >= 0.6 is 0 Å². The first-order chi connectivity index (χ1) is 10.0. The zero-order valence-electron chi connectivity index (χ0n) is 13.1. The minimum atomic E-state index is -0.147. The molecule has 0 aromatic carbocycles. The molecule has 0 aliphatic heterocycles. The van der Waals surface area contributed by atoms with Gasteiger partial charge < -0.3 is 11.5 Å². The monoisotopic (exact) mass is 294 g/mol. The standard InChI is InChI=1S/C17H30N2O2/c18-16(20)10-14-5-1-12(2-6-14)9-13-3-7-15(8-4-13)11-17(19)21/h12-15H,1-11H2,(H2,18,20)(H2,19,21). The van der Waals surface area contributed by atoms with E-state index in [1.807, 2.05) is 0 Å². The second-order valence-electron chi connectivity index (χ2n) is 7.35. The molecule has 0 radical (unpaired) electrons. The van der Waals surface area contributed by atoms with E-state index in [-0.39, 0.29) is 11.8 Å². The summed E-state index contributed by atoms with van der Waals surface area (Å²) in [4.78, 5) is 21.9. The highest BCUT2D eigenvalue weighted by Crippen LogP contribution is 2.39. The first kappa shape index (κ1) is 16.3. The van der Waals surface area contributed by atoms with Crippen molar-refractivity contribution in [2.45, 2.75) is 70.6 Å². The summed E-state index contributed by atoms with van der Waals surface area (Å²) in [6.45, 7) is 0. The molecule has 2 fully saturated rings. The number of carbonyl (C=O) groups is 2. The Morgan fingerprint density at radius 1 is 0.619 bits per heavy atom. The summed E-state index contributed by atoms with van der Waals surface area (Å²) in [5.41, 5.74) is 10.6. The highest BCUT2D eigenvalue weighted by atomic mass is 16.1. The van der Waals surface area contributed by atoms with Crippen molar-refractivity contribution in [2.75, 3.05) is 0 Å². The summed E-state index contributed by atoms with van der Waals surface area (Å²) in [6, 6.07) is 0. The number of hydrogen-bond donors (Lipinski definition) is 2. The molecule has 2 aliphatic carbocycles. The van der Waals surface area contributed by atoms with Crippen molar-refractivity contribution in [3.63, 3.8) is 0 Å². The van der Waals surface area contributed by atoms with E-state index in [1.165, 1.54) is 57.8 Å². The summed E-state index contributed by atoms with van der Waals surface area (Å²) in [5.74, 6) is 2.45. The van der Waals surface area contributed by atoms with Crippen LogP contribution in [-0.4, -0.2) is 11.8 Å². The van der Waals surface area contributed by atoms with Gasteiger partial charge in [-0.25, -0.2) is 0 Å². The quantitative estimate of drug-likeness (QED) is 0.789. The number of carbonyl (C=O) groups excluding carboxylic acids is 2. The Morgan fingerprint density at radius 3 is 1.19 bits per heavy atom. The van der Waals surface area contributed by atoms with Gasteiger partial charge in [0.2, 0.25) is 11.8 Å². The third kappa shape index (κ3) is 5.68. The maximum absolute atomic E-state index is 11.0. The van der Waals surface area contributed by atoms with Crippen molar-refractivity contribution >= 4 is 11.8 Å². The number of hydrogen-bond acceptors (Lipinski definition) is 2. The van der Waals surface area contributed by atoms with Crippen LogP contribution in [-0.2, 0) is 9.59 Å². The molecule has 4 heteroatoms. The molecule has 4 N–H and O–H groups in total. The van der Waals surface area contributed by atoms with Crippen molar-refractivity contribution < 1.29 is 9.59 Å². The van der Waals surface area contributed by atoms with Crippen LogP contribution in [0.3, 0.4) is 0 Å². The van der Waals surface area contributed by atoms with E-state index in [1.54, 1.807) is 0 Å². The van der Waals surface area contributed by atoms with E-state index < -0.39 is 0 Å². The van der Waals surface area contributed by atoms with Gasteiger partial charge in [-0.1, -0.05) is 25.7 Å². The second kappa shape index (κ2) is 7.81. The largest absolute Gasteiger partial charge is 0.370 e. The van der Waals surface area contributed by atoms with E-state index in [4.69, 9.17) is 11.5 Å². The van der Waals surface area contributed by atoms with Crippen LogP contribution in [0.4, 0.5) is 0 Å². The van der Waals surface area contributed by atoms with Gasteiger partial charge in [-0.15, -0.1) is 0 Å². The lowest BCUT2D eigenvalue weighted by atomic mass is 9.72. The Morgan fingerprint density at radius 2 is 0.905 bits per heavy atom. The molecule has 2 rings (SSSR count).